The highest BCUT2D eigenvalue weighted by molar-refractivity contribution is 6.04. The Kier molecular flexibility index (Phi) is 6.64. The number of hydrogen-bond acceptors (Lipinski definition) is 5. The third-order valence-electron chi connectivity index (χ3n) is 6.17. The van der Waals surface area contributed by atoms with Gasteiger partial charge in [0.25, 0.3) is 0 Å². The Balaban J connectivity index is 1.60. The van der Waals surface area contributed by atoms with Crippen molar-refractivity contribution in [3.05, 3.63) is 77.1 Å². The van der Waals surface area contributed by atoms with Gasteiger partial charge < -0.3 is 25.9 Å². The van der Waals surface area contributed by atoms with E-state index in [-0.39, 0.29) is 29.7 Å². The molecule has 0 spiro atoms. The maximum atomic E-state index is 14.7. The summed E-state index contributed by atoms with van der Waals surface area (Å²) in [5, 5.41) is 22.8. The SMILES string of the molecule is CNc1cc(-c2ccc(NC(=O)C3(c4ccc(OC(F)(F)F)cc4F)CC3)cc2C(=O)O)ccc1C=N. The fraction of sp³-hybridized carbons (Fsp3) is 0.192. The highest BCUT2D eigenvalue weighted by atomic mass is 19.4. The maximum Gasteiger partial charge on any atom is 0.573 e. The van der Waals surface area contributed by atoms with Gasteiger partial charge in [0.05, 0.1) is 11.0 Å². The van der Waals surface area contributed by atoms with Crippen molar-refractivity contribution >= 4 is 29.5 Å². The third kappa shape index (κ3) is 5.25. The average molecular weight is 515 g/mol. The largest absolute Gasteiger partial charge is 0.573 e. The molecule has 0 radical (unpaired) electrons. The van der Waals surface area contributed by atoms with Crippen molar-refractivity contribution in [2.24, 2.45) is 0 Å². The Morgan fingerprint density at radius 1 is 1.08 bits per heavy atom. The second-order valence-corrected chi connectivity index (χ2v) is 8.49. The van der Waals surface area contributed by atoms with Crippen molar-refractivity contribution in [1.29, 1.82) is 5.41 Å². The van der Waals surface area contributed by atoms with Crippen molar-refractivity contribution in [1.82, 2.24) is 0 Å². The van der Waals surface area contributed by atoms with E-state index in [1.54, 1.807) is 25.2 Å². The molecule has 37 heavy (non-hydrogen) atoms. The number of carboxylic acids is 1. The van der Waals surface area contributed by atoms with Gasteiger partial charge >= 0.3 is 12.3 Å². The lowest BCUT2D eigenvalue weighted by molar-refractivity contribution is -0.274. The number of halogens is 4. The summed E-state index contributed by atoms with van der Waals surface area (Å²) < 4.78 is 55.7. The fourth-order valence-electron chi connectivity index (χ4n) is 4.19. The molecule has 0 saturated heterocycles. The molecule has 3 aromatic rings. The van der Waals surface area contributed by atoms with Crippen molar-refractivity contribution in [3.63, 3.8) is 0 Å². The summed E-state index contributed by atoms with van der Waals surface area (Å²) in [6.07, 6.45) is -3.27. The van der Waals surface area contributed by atoms with Crippen LogP contribution in [0.2, 0.25) is 0 Å². The van der Waals surface area contributed by atoms with Crippen LogP contribution in [0.3, 0.4) is 0 Å². The summed E-state index contributed by atoms with van der Waals surface area (Å²) in [6.45, 7) is 0. The van der Waals surface area contributed by atoms with Gasteiger partial charge in [-0.05, 0) is 48.2 Å². The van der Waals surface area contributed by atoms with E-state index in [1.165, 1.54) is 24.4 Å². The molecule has 1 fully saturated rings. The monoisotopic (exact) mass is 515 g/mol. The van der Waals surface area contributed by atoms with Crippen molar-refractivity contribution < 1.29 is 37.0 Å². The van der Waals surface area contributed by atoms with E-state index >= 15 is 0 Å². The van der Waals surface area contributed by atoms with Crippen LogP contribution in [0.25, 0.3) is 11.1 Å². The van der Waals surface area contributed by atoms with Gasteiger partial charge in [-0.15, -0.1) is 13.2 Å². The van der Waals surface area contributed by atoms with Crippen molar-refractivity contribution in [2.75, 3.05) is 17.7 Å². The van der Waals surface area contributed by atoms with Crippen LogP contribution in [0.4, 0.5) is 28.9 Å². The molecule has 1 amide bonds. The molecule has 0 aliphatic heterocycles. The van der Waals surface area contributed by atoms with Crippen molar-refractivity contribution in [3.8, 4) is 16.9 Å². The maximum absolute atomic E-state index is 14.7. The zero-order chi connectivity index (χ0) is 27.0. The van der Waals surface area contributed by atoms with Crippen LogP contribution >= 0.6 is 0 Å². The Morgan fingerprint density at radius 2 is 1.81 bits per heavy atom. The van der Waals surface area contributed by atoms with Gasteiger partial charge in [-0.3, -0.25) is 4.79 Å². The smallest absolute Gasteiger partial charge is 0.478 e. The van der Waals surface area contributed by atoms with E-state index in [0.29, 0.717) is 28.4 Å². The summed E-state index contributed by atoms with van der Waals surface area (Å²) in [5.74, 6) is -3.58. The van der Waals surface area contributed by atoms with Gasteiger partial charge in [-0.2, -0.15) is 0 Å². The number of nitrogens with one attached hydrogen (secondary N) is 3. The number of benzene rings is 3. The zero-order valence-electron chi connectivity index (χ0n) is 19.4. The minimum absolute atomic E-state index is 0.0690. The minimum atomic E-state index is -4.98. The topological polar surface area (TPSA) is 112 Å². The summed E-state index contributed by atoms with van der Waals surface area (Å²) in [7, 11) is 1.68. The van der Waals surface area contributed by atoms with Crippen LogP contribution < -0.4 is 15.4 Å². The van der Waals surface area contributed by atoms with E-state index in [9.17, 15) is 32.3 Å². The summed E-state index contributed by atoms with van der Waals surface area (Å²) >= 11 is 0. The fourth-order valence-corrected chi connectivity index (χ4v) is 4.19. The standard InChI is InChI=1S/C26H21F4N3O4/c1-32-22-10-14(2-3-15(22)13-31)18-6-4-16(11-19(18)23(34)35)33-24(36)25(8-9-25)20-7-5-17(12-21(20)27)37-26(28,29)30/h2-7,10-13,31-32H,8-9H2,1H3,(H,33,36)(H,34,35). The van der Waals surface area contributed by atoms with Crippen LogP contribution in [0, 0.1) is 11.2 Å². The number of amides is 1. The molecule has 4 N–H and O–H groups in total. The average Bonchev–Trinajstić information content (AvgIpc) is 3.64. The summed E-state index contributed by atoms with van der Waals surface area (Å²) in [5.41, 5.74) is 0.927. The Morgan fingerprint density at radius 3 is 2.38 bits per heavy atom. The number of ether oxygens (including phenoxy) is 1. The zero-order valence-corrected chi connectivity index (χ0v) is 19.4. The van der Waals surface area contributed by atoms with Crippen LogP contribution in [0.5, 0.6) is 5.75 Å². The molecule has 7 nitrogen and oxygen atoms in total. The summed E-state index contributed by atoms with van der Waals surface area (Å²) in [4.78, 5) is 25.1. The van der Waals surface area contributed by atoms with E-state index < -0.39 is 35.2 Å². The van der Waals surface area contributed by atoms with Gasteiger partial charge in [0.1, 0.15) is 11.6 Å². The lowest BCUT2D eigenvalue weighted by Crippen LogP contribution is -2.29. The Bertz CT molecular complexity index is 1400. The van der Waals surface area contributed by atoms with E-state index in [4.69, 9.17) is 5.41 Å². The molecule has 0 heterocycles. The second-order valence-electron chi connectivity index (χ2n) is 8.49. The van der Waals surface area contributed by atoms with Gasteiger partial charge in [-0.25, -0.2) is 9.18 Å². The highest BCUT2D eigenvalue weighted by Crippen LogP contribution is 2.50. The lowest BCUT2D eigenvalue weighted by Gasteiger charge is -2.18. The molecule has 3 aromatic carbocycles. The first kappa shape index (κ1) is 25.7. The molecule has 0 bridgehead atoms. The molecule has 0 atom stereocenters. The molecule has 0 unspecified atom stereocenters. The molecule has 0 aromatic heterocycles. The third-order valence-corrected chi connectivity index (χ3v) is 6.17. The number of carboxylic acid groups (broad SMARTS) is 1. The van der Waals surface area contributed by atoms with Gasteiger partial charge in [0.15, 0.2) is 0 Å². The molecule has 1 aliphatic rings. The normalized spacial score (nSPS) is 14.0. The predicted octanol–water partition coefficient (Wildman–Crippen LogP) is 5.80. The van der Waals surface area contributed by atoms with Crippen LogP contribution in [-0.2, 0) is 10.2 Å². The molecule has 11 heteroatoms. The van der Waals surface area contributed by atoms with Crippen molar-refractivity contribution in [2.45, 2.75) is 24.6 Å². The molecule has 1 saturated carbocycles. The van der Waals surface area contributed by atoms with Crippen LogP contribution in [0.1, 0.15) is 34.3 Å². The van der Waals surface area contributed by atoms with Gasteiger partial charge in [0, 0.05) is 41.8 Å². The first-order valence-corrected chi connectivity index (χ1v) is 11.0. The van der Waals surface area contributed by atoms with Crippen LogP contribution in [0.15, 0.2) is 54.6 Å². The second kappa shape index (κ2) is 9.57. The molecule has 4 rings (SSSR count). The number of carbonyl (C=O) groups excluding carboxylic acids is 1. The van der Waals surface area contributed by atoms with Crippen LogP contribution in [-0.4, -0.2) is 36.6 Å². The molecule has 192 valence electrons. The Hall–Kier alpha value is -4.41. The number of hydrogen-bond donors (Lipinski definition) is 4. The van der Waals surface area contributed by atoms with Gasteiger partial charge in [-0.1, -0.05) is 24.3 Å². The quantitative estimate of drug-likeness (QED) is 0.224. The number of aromatic carboxylic acids is 1. The summed E-state index contributed by atoms with van der Waals surface area (Å²) in [6, 6.07) is 12.0. The number of alkyl halides is 3. The Labute approximate surface area is 208 Å². The molecular weight excluding hydrogens is 494 g/mol. The first-order chi connectivity index (χ1) is 17.5. The minimum Gasteiger partial charge on any atom is -0.478 e. The van der Waals surface area contributed by atoms with E-state index in [1.807, 2.05) is 0 Å². The number of rotatable bonds is 8. The van der Waals surface area contributed by atoms with Gasteiger partial charge in [0.2, 0.25) is 5.91 Å². The predicted molar refractivity (Wildman–Crippen MR) is 129 cm³/mol. The van der Waals surface area contributed by atoms with E-state index in [2.05, 4.69) is 15.4 Å². The van der Waals surface area contributed by atoms with E-state index in [0.717, 1.165) is 12.1 Å². The molecule has 1 aliphatic carbocycles. The number of anilines is 2. The number of carbonyl (C=O) groups is 2. The highest BCUT2D eigenvalue weighted by Gasteiger charge is 2.53. The lowest BCUT2D eigenvalue weighted by atomic mass is 9.93. The molecular formula is C26H21F4N3O4. The first-order valence-electron chi connectivity index (χ1n) is 11.0.